The summed E-state index contributed by atoms with van der Waals surface area (Å²) in [6, 6.07) is 8.34. The average Bonchev–Trinajstić information content (AvgIpc) is 2.35. The van der Waals surface area contributed by atoms with E-state index in [1.54, 1.807) is 0 Å². The summed E-state index contributed by atoms with van der Waals surface area (Å²) in [5.74, 6) is 0.449. The highest BCUT2D eigenvalue weighted by molar-refractivity contribution is 5.59. The molecule has 0 aliphatic carbocycles. The van der Waals surface area contributed by atoms with Crippen LogP contribution in [0.4, 0.5) is 5.69 Å². The molecule has 0 amide bonds. The minimum absolute atomic E-state index is 0.222. The molecule has 0 saturated heterocycles. The Bertz CT molecular complexity index is 421. The second-order valence-corrected chi connectivity index (χ2v) is 4.82. The highest BCUT2D eigenvalue weighted by atomic mass is 16.5. The predicted molar refractivity (Wildman–Crippen MR) is 74.6 cm³/mol. The molecule has 1 atom stereocenters. The Balaban J connectivity index is 2.83. The van der Waals surface area contributed by atoms with Gasteiger partial charge in [0.2, 0.25) is 0 Å². The number of benzene rings is 1. The largest absolute Gasteiger partial charge is 0.380 e. The van der Waals surface area contributed by atoms with Crippen LogP contribution in [-0.2, 0) is 4.74 Å². The van der Waals surface area contributed by atoms with Crippen molar-refractivity contribution >= 4 is 5.69 Å². The third-order valence-corrected chi connectivity index (χ3v) is 2.94. The summed E-state index contributed by atoms with van der Waals surface area (Å²) in [5, 5.41) is 12.6. The number of anilines is 1. The summed E-state index contributed by atoms with van der Waals surface area (Å²) in [6.45, 7) is 9.65. The van der Waals surface area contributed by atoms with E-state index in [9.17, 15) is 0 Å². The molecule has 3 nitrogen and oxygen atoms in total. The van der Waals surface area contributed by atoms with Gasteiger partial charge in [0, 0.05) is 6.61 Å². The van der Waals surface area contributed by atoms with Crippen LogP contribution < -0.4 is 5.32 Å². The number of aryl methyl sites for hydroxylation is 1. The van der Waals surface area contributed by atoms with Crippen LogP contribution in [0.1, 0.15) is 31.9 Å². The smallest absolute Gasteiger partial charge is 0.101 e. The van der Waals surface area contributed by atoms with Gasteiger partial charge in [-0.2, -0.15) is 5.26 Å². The fourth-order valence-corrected chi connectivity index (χ4v) is 1.72. The van der Waals surface area contributed by atoms with Gasteiger partial charge in [0.1, 0.15) is 6.07 Å². The van der Waals surface area contributed by atoms with Crippen LogP contribution >= 0.6 is 0 Å². The normalized spacial score (nSPS) is 12.2. The van der Waals surface area contributed by atoms with Gasteiger partial charge < -0.3 is 10.1 Å². The first-order valence-corrected chi connectivity index (χ1v) is 6.43. The number of hydrogen-bond donors (Lipinski definition) is 1. The predicted octanol–water partition coefficient (Wildman–Crippen LogP) is 3.34. The van der Waals surface area contributed by atoms with Gasteiger partial charge in [-0.25, -0.2) is 0 Å². The molecule has 1 aromatic rings. The van der Waals surface area contributed by atoms with Crippen molar-refractivity contribution in [2.75, 3.05) is 18.5 Å². The van der Waals surface area contributed by atoms with Crippen LogP contribution in [0.5, 0.6) is 0 Å². The minimum Gasteiger partial charge on any atom is -0.380 e. The fraction of sp³-hybridized carbons (Fsp3) is 0.533. The van der Waals surface area contributed by atoms with Gasteiger partial charge >= 0.3 is 0 Å². The summed E-state index contributed by atoms with van der Waals surface area (Å²) < 4.78 is 5.48. The van der Waals surface area contributed by atoms with Crippen LogP contribution in [0.25, 0.3) is 0 Å². The molecular formula is C15H22N2O. The zero-order chi connectivity index (χ0) is 13.5. The number of ether oxygens (including phenoxy) is 1. The van der Waals surface area contributed by atoms with Gasteiger partial charge in [0.25, 0.3) is 0 Å². The maximum atomic E-state index is 9.15. The molecule has 0 aliphatic heterocycles. The molecule has 1 unspecified atom stereocenters. The van der Waals surface area contributed by atoms with Crippen molar-refractivity contribution < 1.29 is 4.74 Å². The van der Waals surface area contributed by atoms with Crippen molar-refractivity contribution in [3.05, 3.63) is 29.3 Å². The van der Waals surface area contributed by atoms with E-state index in [0.29, 0.717) is 24.7 Å². The van der Waals surface area contributed by atoms with E-state index in [1.165, 1.54) is 0 Å². The zero-order valence-corrected chi connectivity index (χ0v) is 11.7. The monoisotopic (exact) mass is 246 g/mol. The first-order chi connectivity index (χ1) is 8.58. The van der Waals surface area contributed by atoms with Crippen LogP contribution in [0.15, 0.2) is 18.2 Å². The van der Waals surface area contributed by atoms with Crippen LogP contribution in [0.2, 0.25) is 0 Å². The summed E-state index contributed by atoms with van der Waals surface area (Å²) >= 11 is 0. The molecule has 0 spiro atoms. The Morgan fingerprint density at radius 2 is 2.11 bits per heavy atom. The molecule has 0 heterocycles. The topological polar surface area (TPSA) is 45.0 Å². The van der Waals surface area contributed by atoms with E-state index in [0.717, 1.165) is 11.3 Å². The molecule has 0 bridgehead atoms. The second kappa shape index (κ2) is 7.03. The molecule has 0 aliphatic rings. The first kappa shape index (κ1) is 14.5. The molecule has 18 heavy (non-hydrogen) atoms. The van der Waals surface area contributed by atoms with Crippen molar-refractivity contribution in [1.29, 1.82) is 5.26 Å². The molecule has 98 valence electrons. The number of nitrogens with one attached hydrogen (secondary N) is 1. The van der Waals surface area contributed by atoms with Crippen molar-refractivity contribution in [2.24, 2.45) is 5.92 Å². The maximum absolute atomic E-state index is 9.15. The maximum Gasteiger partial charge on any atom is 0.101 e. The quantitative estimate of drug-likeness (QED) is 0.837. The van der Waals surface area contributed by atoms with Crippen LogP contribution in [0.3, 0.4) is 0 Å². The van der Waals surface area contributed by atoms with Crippen LogP contribution in [0, 0.1) is 24.2 Å². The van der Waals surface area contributed by atoms with Crippen molar-refractivity contribution in [1.82, 2.24) is 0 Å². The van der Waals surface area contributed by atoms with Gasteiger partial charge in [-0.1, -0.05) is 19.9 Å². The van der Waals surface area contributed by atoms with E-state index >= 15 is 0 Å². The molecule has 0 saturated carbocycles. The van der Waals surface area contributed by atoms with Crippen LogP contribution in [-0.4, -0.2) is 19.3 Å². The lowest BCUT2D eigenvalue weighted by Crippen LogP contribution is -2.31. The Labute approximate surface area is 110 Å². The van der Waals surface area contributed by atoms with Gasteiger partial charge in [-0.3, -0.25) is 0 Å². The van der Waals surface area contributed by atoms with E-state index in [-0.39, 0.29) is 6.04 Å². The first-order valence-electron chi connectivity index (χ1n) is 6.43. The number of nitriles is 1. The second-order valence-electron chi connectivity index (χ2n) is 4.82. The van der Waals surface area contributed by atoms with Crippen molar-refractivity contribution in [3.8, 4) is 6.07 Å². The number of nitrogens with zero attached hydrogens (tertiary/aromatic N) is 1. The van der Waals surface area contributed by atoms with Gasteiger partial charge in [-0.15, -0.1) is 0 Å². The van der Waals surface area contributed by atoms with Crippen molar-refractivity contribution in [2.45, 2.75) is 33.7 Å². The highest BCUT2D eigenvalue weighted by Crippen LogP contribution is 2.19. The third kappa shape index (κ3) is 4.05. The van der Waals surface area contributed by atoms with Gasteiger partial charge in [0.05, 0.1) is 23.9 Å². The molecular weight excluding hydrogens is 224 g/mol. The molecule has 0 fully saturated rings. The Morgan fingerprint density at radius 1 is 1.39 bits per heavy atom. The fourth-order valence-electron chi connectivity index (χ4n) is 1.72. The molecule has 1 N–H and O–H groups in total. The summed E-state index contributed by atoms with van der Waals surface area (Å²) in [6.07, 6.45) is 0. The molecule has 1 rings (SSSR count). The lowest BCUT2D eigenvalue weighted by Gasteiger charge is -2.24. The van der Waals surface area contributed by atoms with E-state index in [4.69, 9.17) is 10.00 Å². The Morgan fingerprint density at radius 3 is 2.67 bits per heavy atom. The summed E-state index contributed by atoms with van der Waals surface area (Å²) in [4.78, 5) is 0. The van der Waals surface area contributed by atoms with E-state index < -0.39 is 0 Å². The van der Waals surface area contributed by atoms with E-state index in [1.807, 2.05) is 32.0 Å². The Hall–Kier alpha value is -1.53. The van der Waals surface area contributed by atoms with Crippen molar-refractivity contribution in [3.63, 3.8) is 0 Å². The van der Waals surface area contributed by atoms with Gasteiger partial charge in [0.15, 0.2) is 0 Å². The molecule has 0 aromatic heterocycles. The summed E-state index contributed by atoms with van der Waals surface area (Å²) in [7, 11) is 0. The molecule has 0 radical (unpaired) electrons. The zero-order valence-electron chi connectivity index (χ0n) is 11.7. The highest BCUT2D eigenvalue weighted by Gasteiger charge is 2.14. The molecule has 1 aromatic carbocycles. The number of hydrogen-bond acceptors (Lipinski definition) is 3. The number of rotatable bonds is 6. The van der Waals surface area contributed by atoms with E-state index in [2.05, 4.69) is 25.2 Å². The lowest BCUT2D eigenvalue weighted by atomic mass is 10.0. The molecule has 3 heteroatoms. The Kier molecular flexibility index (Phi) is 5.67. The third-order valence-electron chi connectivity index (χ3n) is 2.94. The summed E-state index contributed by atoms with van der Waals surface area (Å²) in [5.41, 5.74) is 2.68. The van der Waals surface area contributed by atoms with Gasteiger partial charge in [-0.05, 0) is 37.5 Å². The lowest BCUT2D eigenvalue weighted by molar-refractivity contribution is 0.127. The SMILES string of the molecule is CCOCC(Nc1ccc(C)cc1C#N)C(C)C. The average molecular weight is 246 g/mol. The minimum atomic E-state index is 0.222. The standard InChI is InChI=1S/C15H22N2O/c1-5-18-10-15(11(2)3)17-14-7-6-12(4)8-13(14)9-16/h6-8,11,15,17H,5,10H2,1-4H3.